The molecule has 0 unspecified atom stereocenters. The average molecular weight is 254 g/mol. The van der Waals surface area contributed by atoms with E-state index in [-0.39, 0.29) is 0 Å². The smallest absolute Gasteiger partial charge is 0.335 e. The van der Waals surface area contributed by atoms with E-state index < -0.39 is 6.03 Å². The average Bonchev–Trinajstić information content (AvgIpc) is 2.45. The maximum absolute atomic E-state index is 9.23. The molecule has 0 atom stereocenters. The molecule has 0 aromatic heterocycles. The lowest BCUT2D eigenvalue weighted by Crippen LogP contribution is -2.25. The van der Waals surface area contributed by atoms with Gasteiger partial charge in [-0.05, 0) is 33.7 Å². The van der Waals surface area contributed by atoms with Gasteiger partial charge in [0.2, 0.25) is 0 Å². The molecular formula is C15H14N2O2. The third-order valence-corrected chi connectivity index (χ3v) is 2.72. The summed E-state index contributed by atoms with van der Waals surface area (Å²) in [6.07, 6.45) is 0. The Morgan fingerprint density at radius 1 is 0.842 bits per heavy atom. The number of carbonyl (C=O) groups excluding carboxylic acids is 1. The van der Waals surface area contributed by atoms with Crippen LogP contribution in [0.5, 0.6) is 0 Å². The van der Waals surface area contributed by atoms with Gasteiger partial charge in [0.15, 0.2) is 0 Å². The number of urea groups is 1. The van der Waals surface area contributed by atoms with E-state index in [2.05, 4.69) is 66.4 Å². The SMILES string of the molecule is NC(=O)NO.c1ccc2cc3ccccc3cc2c1. The third kappa shape index (κ3) is 3.20. The van der Waals surface area contributed by atoms with Crippen molar-refractivity contribution in [1.29, 1.82) is 0 Å². The first kappa shape index (κ1) is 12.9. The van der Waals surface area contributed by atoms with E-state index in [0.717, 1.165) is 0 Å². The van der Waals surface area contributed by atoms with Gasteiger partial charge in [-0.3, -0.25) is 5.21 Å². The monoisotopic (exact) mass is 254 g/mol. The molecule has 0 bridgehead atoms. The Hall–Kier alpha value is -2.59. The van der Waals surface area contributed by atoms with Crippen LogP contribution in [0.1, 0.15) is 0 Å². The predicted molar refractivity (Wildman–Crippen MR) is 76.0 cm³/mol. The maximum Gasteiger partial charge on any atom is 0.335 e. The van der Waals surface area contributed by atoms with Gasteiger partial charge in [-0.1, -0.05) is 48.5 Å². The minimum Gasteiger partial charge on any atom is -0.350 e. The van der Waals surface area contributed by atoms with E-state index in [1.54, 1.807) is 0 Å². The highest BCUT2D eigenvalue weighted by Crippen LogP contribution is 2.21. The molecule has 0 fully saturated rings. The summed E-state index contributed by atoms with van der Waals surface area (Å²) >= 11 is 0. The zero-order valence-electron chi connectivity index (χ0n) is 10.2. The lowest BCUT2D eigenvalue weighted by Gasteiger charge is -2.00. The standard InChI is InChI=1S/C14H10.CH4N2O2/c1-2-6-12-10-14-8-4-3-7-13(14)9-11(12)5-1;2-1(4)3-5/h1-10H;5H,(H3,2,3,4). The van der Waals surface area contributed by atoms with Crippen LogP contribution in [-0.2, 0) is 0 Å². The fraction of sp³-hybridized carbons (Fsp3) is 0. The quantitative estimate of drug-likeness (QED) is 0.327. The third-order valence-electron chi connectivity index (χ3n) is 2.72. The topological polar surface area (TPSA) is 75.4 Å². The van der Waals surface area contributed by atoms with Crippen LogP contribution in [0.4, 0.5) is 4.79 Å². The molecule has 0 aliphatic heterocycles. The molecule has 0 saturated carbocycles. The Morgan fingerprint density at radius 3 is 1.32 bits per heavy atom. The van der Waals surface area contributed by atoms with Gasteiger partial charge in [-0.2, -0.15) is 0 Å². The largest absolute Gasteiger partial charge is 0.350 e. The highest BCUT2D eigenvalue weighted by atomic mass is 16.5. The summed E-state index contributed by atoms with van der Waals surface area (Å²) in [4.78, 5) is 9.23. The summed E-state index contributed by atoms with van der Waals surface area (Å²) in [5, 5.41) is 12.7. The Bertz CT molecular complexity index is 605. The highest BCUT2D eigenvalue weighted by molar-refractivity contribution is 5.98. The minimum atomic E-state index is -0.940. The molecule has 2 amide bonds. The fourth-order valence-electron chi connectivity index (χ4n) is 1.88. The van der Waals surface area contributed by atoms with E-state index in [1.807, 2.05) is 0 Å². The van der Waals surface area contributed by atoms with Crippen LogP contribution in [0.3, 0.4) is 0 Å². The summed E-state index contributed by atoms with van der Waals surface area (Å²) in [6, 6.07) is 20.5. The first-order valence-corrected chi connectivity index (χ1v) is 5.78. The van der Waals surface area contributed by atoms with Crippen molar-refractivity contribution >= 4 is 27.6 Å². The molecule has 3 aromatic rings. The molecule has 4 nitrogen and oxygen atoms in total. The van der Waals surface area contributed by atoms with Gasteiger partial charge < -0.3 is 5.73 Å². The lowest BCUT2D eigenvalue weighted by atomic mass is 10.0. The predicted octanol–water partition coefficient (Wildman–Crippen LogP) is 3.04. The maximum atomic E-state index is 9.23. The molecule has 0 saturated heterocycles. The number of benzene rings is 3. The molecule has 96 valence electrons. The summed E-state index contributed by atoms with van der Waals surface area (Å²) in [5.74, 6) is 0. The Balaban J connectivity index is 0.000000232. The summed E-state index contributed by atoms with van der Waals surface area (Å²) in [7, 11) is 0. The number of amides is 2. The Morgan fingerprint density at radius 2 is 1.11 bits per heavy atom. The summed E-state index contributed by atoms with van der Waals surface area (Å²) in [6.45, 7) is 0. The first-order valence-electron chi connectivity index (χ1n) is 5.78. The molecule has 4 N–H and O–H groups in total. The number of fused-ring (bicyclic) bond motifs is 2. The zero-order valence-corrected chi connectivity index (χ0v) is 10.2. The molecule has 0 aliphatic carbocycles. The van der Waals surface area contributed by atoms with Crippen molar-refractivity contribution in [3.63, 3.8) is 0 Å². The van der Waals surface area contributed by atoms with Gasteiger partial charge in [0.1, 0.15) is 0 Å². The molecule has 0 heterocycles. The fourth-order valence-corrected chi connectivity index (χ4v) is 1.88. The number of carbonyl (C=O) groups is 1. The second-order valence-corrected chi connectivity index (χ2v) is 4.02. The van der Waals surface area contributed by atoms with Crippen molar-refractivity contribution in [3.05, 3.63) is 60.7 Å². The van der Waals surface area contributed by atoms with Crippen molar-refractivity contribution < 1.29 is 10.0 Å². The Kier molecular flexibility index (Phi) is 3.95. The van der Waals surface area contributed by atoms with Gasteiger partial charge in [0, 0.05) is 0 Å². The van der Waals surface area contributed by atoms with Crippen LogP contribution in [0, 0.1) is 0 Å². The first-order chi connectivity index (χ1) is 9.20. The van der Waals surface area contributed by atoms with Crippen LogP contribution >= 0.6 is 0 Å². The van der Waals surface area contributed by atoms with Crippen LogP contribution in [0.25, 0.3) is 21.5 Å². The molecule has 0 aliphatic rings. The van der Waals surface area contributed by atoms with E-state index in [9.17, 15) is 4.79 Å². The van der Waals surface area contributed by atoms with Gasteiger partial charge in [-0.15, -0.1) is 0 Å². The van der Waals surface area contributed by atoms with Crippen molar-refractivity contribution in [2.45, 2.75) is 0 Å². The summed E-state index contributed by atoms with van der Waals surface area (Å²) < 4.78 is 0. The second-order valence-electron chi connectivity index (χ2n) is 4.02. The van der Waals surface area contributed by atoms with E-state index in [1.165, 1.54) is 27.0 Å². The summed E-state index contributed by atoms with van der Waals surface area (Å²) in [5.41, 5.74) is 5.46. The van der Waals surface area contributed by atoms with Gasteiger partial charge in [0.05, 0.1) is 0 Å². The molecule has 19 heavy (non-hydrogen) atoms. The Labute approximate surface area is 110 Å². The van der Waals surface area contributed by atoms with Crippen LogP contribution in [-0.4, -0.2) is 11.2 Å². The van der Waals surface area contributed by atoms with E-state index >= 15 is 0 Å². The number of hydrogen-bond acceptors (Lipinski definition) is 2. The number of hydroxylamine groups is 1. The normalized spacial score (nSPS) is 9.74. The minimum absolute atomic E-state index is 0.940. The number of hydrogen-bond donors (Lipinski definition) is 3. The number of nitrogens with one attached hydrogen (secondary N) is 1. The zero-order chi connectivity index (χ0) is 13.7. The van der Waals surface area contributed by atoms with Gasteiger partial charge >= 0.3 is 6.03 Å². The van der Waals surface area contributed by atoms with Gasteiger partial charge in [0.25, 0.3) is 0 Å². The molecule has 4 heteroatoms. The van der Waals surface area contributed by atoms with Crippen molar-refractivity contribution in [1.82, 2.24) is 5.48 Å². The number of primary amides is 1. The van der Waals surface area contributed by atoms with Crippen LogP contribution in [0.15, 0.2) is 60.7 Å². The van der Waals surface area contributed by atoms with Crippen molar-refractivity contribution in [2.24, 2.45) is 5.73 Å². The highest BCUT2D eigenvalue weighted by Gasteiger charge is 1.95. The molecule has 0 radical (unpaired) electrons. The van der Waals surface area contributed by atoms with Gasteiger partial charge in [-0.25, -0.2) is 10.3 Å². The number of rotatable bonds is 0. The van der Waals surface area contributed by atoms with E-state index in [4.69, 9.17) is 5.21 Å². The number of nitrogens with two attached hydrogens (primary N) is 1. The molecule has 3 rings (SSSR count). The van der Waals surface area contributed by atoms with Crippen molar-refractivity contribution in [2.75, 3.05) is 0 Å². The van der Waals surface area contributed by atoms with E-state index in [0.29, 0.717) is 0 Å². The lowest BCUT2D eigenvalue weighted by molar-refractivity contribution is 0.169. The molecule has 3 aromatic carbocycles. The molecular weight excluding hydrogens is 240 g/mol. The molecule has 0 spiro atoms. The van der Waals surface area contributed by atoms with Crippen LogP contribution < -0.4 is 11.2 Å². The van der Waals surface area contributed by atoms with Crippen LogP contribution in [0.2, 0.25) is 0 Å². The second kappa shape index (κ2) is 5.84. The van der Waals surface area contributed by atoms with Crippen molar-refractivity contribution in [3.8, 4) is 0 Å².